The second kappa shape index (κ2) is 2.37. The minimum absolute atomic E-state index is 0.140. The van der Waals surface area contributed by atoms with Gasteiger partial charge in [0.2, 0.25) is 0 Å². The molecule has 0 unspecified atom stereocenters. The van der Waals surface area contributed by atoms with Gasteiger partial charge >= 0.3 is 0 Å². The topological polar surface area (TPSA) is 45.8 Å². The van der Waals surface area contributed by atoms with E-state index in [4.69, 9.17) is 23.2 Å². The number of carbonyl (C=O) groups excluding carboxylic acids is 1. The van der Waals surface area contributed by atoms with Crippen molar-refractivity contribution in [3.63, 3.8) is 0 Å². The molecule has 0 saturated carbocycles. The second-order valence-electron chi connectivity index (χ2n) is 1.37. The molecule has 1 N–H and O–H groups in total. The van der Waals surface area contributed by atoms with Gasteiger partial charge in [-0.2, -0.15) is 5.10 Å². The van der Waals surface area contributed by atoms with E-state index in [1.165, 1.54) is 6.07 Å². The Bertz CT molecular complexity index is 232. The molecule has 0 spiro atoms. The van der Waals surface area contributed by atoms with Crippen molar-refractivity contribution >= 4 is 28.4 Å². The lowest BCUT2D eigenvalue weighted by molar-refractivity contribution is 0.107. The van der Waals surface area contributed by atoms with Crippen LogP contribution in [0, 0.1) is 0 Å². The number of rotatable bonds is 1. The van der Waals surface area contributed by atoms with Crippen LogP contribution in [0.1, 0.15) is 10.5 Å². The van der Waals surface area contributed by atoms with E-state index in [0.717, 1.165) is 0 Å². The van der Waals surface area contributed by atoms with Crippen LogP contribution in [0.4, 0.5) is 0 Å². The summed E-state index contributed by atoms with van der Waals surface area (Å²) in [4.78, 5) is 10.3. The summed E-state index contributed by atoms with van der Waals surface area (Å²) in [6.45, 7) is 0. The number of halogens is 2. The molecule has 0 aliphatic heterocycles. The van der Waals surface area contributed by atoms with Gasteiger partial charge in [0.1, 0.15) is 10.8 Å². The van der Waals surface area contributed by atoms with Gasteiger partial charge in [0, 0.05) is 6.07 Å². The monoisotopic (exact) mass is 164 g/mol. The van der Waals surface area contributed by atoms with Gasteiger partial charge in [-0.25, -0.2) is 0 Å². The number of hydrogen-bond acceptors (Lipinski definition) is 2. The molecular formula is C4H2Cl2N2O. The molecule has 0 amide bonds. The molecule has 3 nitrogen and oxygen atoms in total. The van der Waals surface area contributed by atoms with Crippen molar-refractivity contribution in [2.75, 3.05) is 0 Å². The zero-order valence-corrected chi connectivity index (χ0v) is 5.70. The van der Waals surface area contributed by atoms with Crippen LogP contribution in [0.25, 0.3) is 0 Å². The average molecular weight is 165 g/mol. The number of H-pyrrole nitrogens is 1. The summed E-state index contributed by atoms with van der Waals surface area (Å²) in [5.41, 5.74) is 0.140. The van der Waals surface area contributed by atoms with Crippen LogP contribution in [0.15, 0.2) is 6.07 Å². The normalized spacial score (nSPS) is 9.56. The van der Waals surface area contributed by atoms with Gasteiger partial charge in [0.15, 0.2) is 0 Å². The van der Waals surface area contributed by atoms with Crippen molar-refractivity contribution < 1.29 is 4.79 Å². The predicted octanol–water partition coefficient (Wildman–Crippen LogP) is 1.44. The first-order chi connectivity index (χ1) is 4.20. The minimum atomic E-state index is -0.613. The van der Waals surface area contributed by atoms with E-state index in [-0.39, 0.29) is 5.69 Å². The summed E-state index contributed by atoms with van der Waals surface area (Å²) in [7, 11) is 0. The van der Waals surface area contributed by atoms with Crippen LogP contribution in [0.5, 0.6) is 0 Å². The van der Waals surface area contributed by atoms with E-state index < -0.39 is 5.24 Å². The van der Waals surface area contributed by atoms with Gasteiger partial charge in [-0.15, -0.1) is 0 Å². The van der Waals surface area contributed by atoms with Crippen molar-refractivity contribution in [1.29, 1.82) is 0 Å². The lowest BCUT2D eigenvalue weighted by Crippen LogP contribution is -1.86. The number of nitrogens with zero attached hydrogens (tertiary/aromatic N) is 1. The number of aromatic amines is 1. The van der Waals surface area contributed by atoms with Gasteiger partial charge in [-0.1, -0.05) is 11.6 Å². The Morgan fingerprint density at radius 3 is 2.67 bits per heavy atom. The molecular weight excluding hydrogens is 163 g/mol. The van der Waals surface area contributed by atoms with Crippen molar-refractivity contribution in [2.24, 2.45) is 0 Å². The lowest BCUT2D eigenvalue weighted by atomic mass is 10.5. The highest BCUT2D eigenvalue weighted by Gasteiger charge is 2.04. The maximum Gasteiger partial charge on any atom is 0.272 e. The summed E-state index contributed by atoms with van der Waals surface area (Å²) in [6.07, 6.45) is 0. The zero-order chi connectivity index (χ0) is 6.85. The molecule has 0 radical (unpaired) electrons. The smallest absolute Gasteiger partial charge is 0.272 e. The molecule has 0 aromatic carbocycles. The Balaban J connectivity index is 2.98. The lowest BCUT2D eigenvalue weighted by Gasteiger charge is -1.75. The molecule has 5 heteroatoms. The minimum Gasteiger partial charge on any atom is -0.274 e. The van der Waals surface area contributed by atoms with Crippen LogP contribution in [0.2, 0.25) is 5.15 Å². The van der Waals surface area contributed by atoms with Crippen LogP contribution in [-0.4, -0.2) is 15.4 Å². The predicted molar refractivity (Wildman–Crippen MR) is 33.8 cm³/mol. The molecule has 0 fully saturated rings. The average Bonchev–Trinajstić information content (AvgIpc) is 2.14. The summed E-state index contributed by atoms with van der Waals surface area (Å²) >= 11 is 10.4. The van der Waals surface area contributed by atoms with Gasteiger partial charge in [0.05, 0.1) is 0 Å². The highest BCUT2D eigenvalue weighted by atomic mass is 35.5. The molecule has 0 atom stereocenters. The molecule has 48 valence electrons. The van der Waals surface area contributed by atoms with Crippen molar-refractivity contribution in [3.05, 3.63) is 16.9 Å². The Hall–Kier alpha value is -0.540. The van der Waals surface area contributed by atoms with Crippen LogP contribution >= 0.6 is 23.2 Å². The quantitative estimate of drug-likeness (QED) is 0.639. The Morgan fingerprint density at radius 2 is 2.44 bits per heavy atom. The van der Waals surface area contributed by atoms with Gasteiger partial charge < -0.3 is 0 Å². The zero-order valence-electron chi connectivity index (χ0n) is 4.19. The molecule has 1 heterocycles. The third kappa shape index (κ3) is 1.43. The summed E-state index contributed by atoms with van der Waals surface area (Å²) < 4.78 is 0. The Labute approximate surface area is 61.0 Å². The molecule has 9 heavy (non-hydrogen) atoms. The first-order valence-electron chi connectivity index (χ1n) is 2.11. The van der Waals surface area contributed by atoms with Crippen molar-refractivity contribution in [3.8, 4) is 0 Å². The SMILES string of the molecule is O=C(Cl)c1cc(Cl)[nH]n1. The summed E-state index contributed by atoms with van der Waals surface area (Å²) in [5, 5.41) is 5.53. The van der Waals surface area contributed by atoms with Gasteiger partial charge in [-0.05, 0) is 11.6 Å². The largest absolute Gasteiger partial charge is 0.274 e. The number of aromatic nitrogens is 2. The molecule has 0 saturated heterocycles. The fourth-order valence-corrected chi connectivity index (χ4v) is 0.641. The first-order valence-corrected chi connectivity index (χ1v) is 2.86. The van der Waals surface area contributed by atoms with Crippen LogP contribution in [0.3, 0.4) is 0 Å². The molecule has 0 aliphatic rings. The highest BCUT2D eigenvalue weighted by molar-refractivity contribution is 6.67. The molecule has 0 aliphatic carbocycles. The van der Waals surface area contributed by atoms with E-state index in [2.05, 4.69) is 10.2 Å². The van der Waals surface area contributed by atoms with Gasteiger partial charge in [-0.3, -0.25) is 9.89 Å². The molecule has 1 aromatic heterocycles. The van der Waals surface area contributed by atoms with E-state index in [1.54, 1.807) is 0 Å². The summed E-state index contributed by atoms with van der Waals surface area (Å²) in [6, 6.07) is 1.36. The van der Waals surface area contributed by atoms with E-state index in [1.807, 2.05) is 0 Å². The Kier molecular flexibility index (Phi) is 1.73. The van der Waals surface area contributed by atoms with E-state index in [9.17, 15) is 4.79 Å². The standard InChI is InChI=1S/C4H2Cl2N2O/c5-3-1-2(4(6)9)7-8-3/h1H,(H,7,8). The van der Waals surface area contributed by atoms with Gasteiger partial charge in [0.25, 0.3) is 5.24 Å². The number of hydrogen-bond donors (Lipinski definition) is 1. The van der Waals surface area contributed by atoms with E-state index >= 15 is 0 Å². The Morgan fingerprint density at radius 1 is 1.78 bits per heavy atom. The third-order valence-corrected chi connectivity index (χ3v) is 1.14. The van der Waals surface area contributed by atoms with Crippen molar-refractivity contribution in [1.82, 2.24) is 10.2 Å². The maximum atomic E-state index is 10.3. The molecule has 1 aromatic rings. The van der Waals surface area contributed by atoms with Crippen LogP contribution < -0.4 is 0 Å². The number of nitrogens with one attached hydrogen (secondary N) is 1. The van der Waals surface area contributed by atoms with Crippen molar-refractivity contribution in [2.45, 2.75) is 0 Å². The fraction of sp³-hybridized carbons (Fsp3) is 0. The maximum absolute atomic E-state index is 10.3. The van der Waals surface area contributed by atoms with Crippen LogP contribution in [-0.2, 0) is 0 Å². The number of carbonyl (C=O) groups is 1. The van der Waals surface area contributed by atoms with E-state index in [0.29, 0.717) is 5.15 Å². The first kappa shape index (κ1) is 6.58. The fourth-order valence-electron chi connectivity index (χ4n) is 0.399. The third-order valence-electron chi connectivity index (χ3n) is 0.748. The summed E-state index contributed by atoms with van der Waals surface area (Å²) in [5.74, 6) is 0. The molecule has 1 rings (SSSR count). The molecule has 0 bridgehead atoms. The highest BCUT2D eigenvalue weighted by Crippen LogP contribution is 2.06. The second-order valence-corrected chi connectivity index (χ2v) is 2.13.